The van der Waals surface area contributed by atoms with E-state index in [1.54, 1.807) is 10.9 Å². The summed E-state index contributed by atoms with van der Waals surface area (Å²) in [5.41, 5.74) is 1.26. The van der Waals surface area contributed by atoms with Gasteiger partial charge in [-0.1, -0.05) is 108 Å². The topological polar surface area (TPSA) is 42.0 Å². The van der Waals surface area contributed by atoms with E-state index >= 15 is 0 Å². The zero-order valence-electron chi connectivity index (χ0n) is 27.3. The van der Waals surface area contributed by atoms with Crippen molar-refractivity contribution in [2.24, 2.45) is 0 Å². The number of likely N-dealkylation sites (N-methyl/N-ethyl adjacent to an activating group) is 2. The molecule has 0 N–H and O–H groups in total. The van der Waals surface area contributed by atoms with E-state index in [0.717, 1.165) is 12.9 Å². The molecular weight excluding hydrogens is 563 g/mol. The van der Waals surface area contributed by atoms with Crippen molar-refractivity contribution in [3.05, 3.63) is 103 Å². The highest BCUT2D eigenvalue weighted by atomic mass is 31.2. The quantitative estimate of drug-likeness (QED) is 0.202. The second kappa shape index (κ2) is 13.7. The van der Waals surface area contributed by atoms with Gasteiger partial charge in [0.1, 0.15) is 17.7 Å². The zero-order valence-corrected chi connectivity index (χ0v) is 28.2. The third-order valence-electron chi connectivity index (χ3n) is 9.41. The van der Waals surface area contributed by atoms with Gasteiger partial charge in [0.2, 0.25) is 0 Å². The smallest absolute Gasteiger partial charge is 0.139 e. The molecule has 2 heterocycles. The Morgan fingerprint density at radius 3 is 1.30 bits per heavy atom. The van der Waals surface area contributed by atoms with Crippen LogP contribution in [0.15, 0.2) is 103 Å². The van der Waals surface area contributed by atoms with E-state index in [9.17, 15) is 4.79 Å². The molecule has 4 fully saturated rings. The van der Waals surface area contributed by atoms with Gasteiger partial charge in [-0.25, -0.2) is 0 Å². The summed E-state index contributed by atoms with van der Waals surface area (Å²) in [5, 5.41) is 6.19. The summed E-state index contributed by atoms with van der Waals surface area (Å²) in [6.45, 7) is 7.93. The molecule has 3 aromatic carbocycles. The van der Waals surface area contributed by atoms with Gasteiger partial charge in [0.25, 0.3) is 0 Å². The number of nitrogens with zero attached hydrogens (tertiary/aromatic N) is 2. The van der Waals surface area contributed by atoms with Gasteiger partial charge in [-0.3, -0.25) is 9.80 Å². The second-order valence-corrected chi connectivity index (χ2v) is 16.6. The number of carbonyl (C=O) groups excluding carboxylic acids is 1. The molecule has 0 aromatic heterocycles. The van der Waals surface area contributed by atoms with Crippen molar-refractivity contribution in [1.82, 2.24) is 9.80 Å². The van der Waals surface area contributed by atoms with Gasteiger partial charge in [-0.2, -0.15) is 0 Å². The van der Waals surface area contributed by atoms with Crippen LogP contribution in [0.2, 0.25) is 0 Å². The maximum Gasteiger partial charge on any atom is 0.139 e. The lowest BCUT2D eigenvalue weighted by molar-refractivity contribution is -0.112. The lowest BCUT2D eigenvalue weighted by atomic mass is 10.2. The van der Waals surface area contributed by atoms with Crippen LogP contribution in [0.3, 0.4) is 0 Å². The number of ether oxygens (including phenoxy) is 2. The standard InChI is InChI=1S/C21H19P.C10H17NO.C7H13NO2/c1-4-10-18(11-5-1)22(21-16-17-21,19-12-6-2-7-13-19)20-14-8-3-9-15-20;1-10(2)11(3)9(7-12-10)6-8-4-5-8;1-7(2)8(3)6(4-9)5-10-7/h1-15H,16-17H2;6,9H,4-5,7H2,1-3H3;4,6H,5H2,1-3H3/t;9-;6-/m.00/s1. The Hall–Kier alpha value is -2.79. The molecule has 0 amide bonds. The molecular formula is C38H49N2O3P. The van der Waals surface area contributed by atoms with Crippen molar-refractivity contribution in [2.75, 3.05) is 27.3 Å². The van der Waals surface area contributed by atoms with E-state index in [0.29, 0.717) is 12.6 Å². The average molecular weight is 613 g/mol. The van der Waals surface area contributed by atoms with Gasteiger partial charge in [-0.05, 0) is 90.3 Å². The maximum atomic E-state index is 10.4. The fourth-order valence-corrected chi connectivity index (χ4v) is 10.6. The fourth-order valence-electron chi connectivity index (χ4n) is 5.95. The van der Waals surface area contributed by atoms with Crippen molar-refractivity contribution in [1.29, 1.82) is 0 Å². The van der Waals surface area contributed by atoms with E-state index in [-0.39, 0.29) is 17.5 Å². The molecule has 2 atom stereocenters. The van der Waals surface area contributed by atoms with E-state index in [1.165, 1.54) is 41.6 Å². The van der Waals surface area contributed by atoms with Crippen molar-refractivity contribution >= 4 is 34.4 Å². The van der Waals surface area contributed by atoms with E-state index in [2.05, 4.69) is 123 Å². The number of hydrogen-bond acceptors (Lipinski definition) is 5. The molecule has 0 spiro atoms. The minimum atomic E-state index is -1.60. The number of benzene rings is 3. The molecule has 44 heavy (non-hydrogen) atoms. The maximum absolute atomic E-state index is 10.4. The van der Waals surface area contributed by atoms with Crippen LogP contribution >= 0.6 is 6.89 Å². The summed E-state index contributed by atoms with van der Waals surface area (Å²) >= 11 is 0. The summed E-state index contributed by atoms with van der Waals surface area (Å²) in [6.07, 6.45) is 8.46. The predicted molar refractivity (Wildman–Crippen MR) is 186 cm³/mol. The van der Waals surface area contributed by atoms with Gasteiger partial charge in [-0.15, -0.1) is 0 Å². The molecule has 0 unspecified atom stereocenters. The number of carbonyl (C=O) groups is 1. The van der Waals surface area contributed by atoms with Crippen LogP contribution in [0.4, 0.5) is 0 Å². The number of aldehydes is 1. The number of rotatable bonds is 5. The lowest BCUT2D eigenvalue weighted by Gasteiger charge is -2.28. The van der Waals surface area contributed by atoms with E-state index in [1.807, 2.05) is 25.8 Å². The molecule has 3 aromatic rings. The van der Waals surface area contributed by atoms with Crippen molar-refractivity contribution < 1.29 is 14.3 Å². The molecule has 7 rings (SSSR count). The highest BCUT2D eigenvalue weighted by Gasteiger charge is 2.38. The number of hydrogen-bond donors (Lipinski definition) is 0. The monoisotopic (exact) mass is 612 g/mol. The van der Waals surface area contributed by atoms with E-state index in [4.69, 9.17) is 9.47 Å². The van der Waals surface area contributed by atoms with Gasteiger partial charge >= 0.3 is 0 Å². The minimum Gasteiger partial charge on any atom is -0.359 e. The SMILES string of the molecule is CN1[C@@H](C=C2CC2)COC1(C)C.CN1[C@@H](C=O)COC1(C)C.c1ccc(P(=C2CC2)(c2ccccc2)c2ccccc2)cc1. The second-order valence-electron chi connectivity index (χ2n) is 13.1. The Balaban J connectivity index is 0.000000147. The summed E-state index contributed by atoms with van der Waals surface area (Å²) in [6, 6.07) is 33.8. The highest BCUT2D eigenvalue weighted by Crippen LogP contribution is 2.51. The molecule has 2 aliphatic heterocycles. The van der Waals surface area contributed by atoms with Gasteiger partial charge < -0.3 is 14.3 Å². The Bertz CT molecular complexity index is 1370. The first kappa shape index (κ1) is 32.6. The highest BCUT2D eigenvalue weighted by molar-refractivity contribution is 7.95. The van der Waals surface area contributed by atoms with Gasteiger partial charge in [0.15, 0.2) is 0 Å². The predicted octanol–water partition coefficient (Wildman–Crippen LogP) is 5.97. The largest absolute Gasteiger partial charge is 0.359 e. The van der Waals surface area contributed by atoms with Crippen LogP contribution in [0, 0.1) is 0 Å². The first-order chi connectivity index (χ1) is 21.1. The Morgan fingerprint density at radius 1 is 0.636 bits per heavy atom. The minimum absolute atomic E-state index is 0.0602. The molecule has 2 aliphatic carbocycles. The first-order valence-corrected chi connectivity index (χ1v) is 17.7. The molecule has 0 bridgehead atoms. The summed E-state index contributed by atoms with van der Waals surface area (Å²) in [5.74, 6) is 0. The van der Waals surface area contributed by atoms with Crippen LogP contribution in [0.1, 0.15) is 53.4 Å². The van der Waals surface area contributed by atoms with Gasteiger partial charge in [0.05, 0.1) is 25.3 Å². The normalized spacial score (nSPS) is 23.6. The molecule has 5 nitrogen and oxygen atoms in total. The first-order valence-electron chi connectivity index (χ1n) is 15.9. The summed E-state index contributed by atoms with van der Waals surface area (Å²) in [4.78, 5) is 14.6. The fraction of sp³-hybridized carbons (Fsp3) is 0.421. The average Bonchev–Trinajstić information content (AvgIpc) is 3.98. The summed E-state index contributed by atoms with van der Waals surface area (Å²) in [7, 11) is 4.03. The molecule has 6 heteroatoms. The Kier molecular flexibility index (Phi) is 10.1. The Morgan fingerprint density at radius 2 is 1.02 bits per heavy atom. The van der Waals surface area contributed by atoms with Crippen LogP contribution in [0.5, 0.6) is 0 Å². The molecule has 2 saturated carbocycles. The molecule has 4 aliphatic rings. The van der Waals surface area contributed by atoms with Crippen LogP contribution in [-0.4, -0.2) is 72.2 Å². The Labute approximate surface area is 264 Å². The lowest BCUT2D eigenvalue weighted by Crippen LogP contribution is -2.41. The third kappa shape index (κ3) is 7.19. The van der Waals surface area contributed by atoms with Crippen molar-refractivity contribution in [3.63, 3.8) is 0 Å². The van der Waals surface area contributed by atoms with Crippen molar-refractivity contribution in [2.45, 2.75) is 76.9 Å². The van der Waals surface area contributed by atoms with Gasteiger partial charge in [0, 0.05) is 0 Å². The summed E-state index contributed by atoms with van der Waals surface area (Å²) < 4.78 is 11.0. The van der Waals surface area contributed by atoms with Crippen LogP contribution < -0.4 is 15.9 Å². The van der Waals surface area contributed by atoms with Crippen LogP contribution in [-0.2, 0) is 14.3 Å². The molecule has 234 valence electrons. The molecule has 0 radical (unpaired) electrons. The number of allylic oxidation sites excluding steroid dienone is 1. The zero-order chi connectivity index (χ0) is 31.4. The molecule has 2 saturated heterocycles. The van der Waals surface area contributed by atoms with E-state index < -0.39 is 6.89 Å². The van der Waals surface area contributed by atoms with Crippen LogP contribution in [0.25, 0.3) is 0 Å². The van der Waals surface area contributed by atoms with Crippen molar-refractivity contribution in [3.8, 4) is 0 Å². The third-order valence-corrected chi connectivity index (χ3v) is 14.0.